The van der Waals surface area contributed by atoms with E-state index in [1.165, 1.54) is 11.5 Å². The van der Waals surface area contributed by atoms with Crippen LogP contribution in [0.5, 0.6) is 5.75 Å². The van der Waals surface area contributed by atoms with Crippen LogP contribution in [0.1, 0.15) is 24.0 Å². The number of piperidine rings is 1. The number of hydrogen-bond acceptors (Lipinski definition) is 6. The van der Waals surface area contributed by atoms with E-state index in [0.717, 1.165) is 36.5 Å². The third-order valence-corrected chi connectivity index (χ3v) is 5.48. The topological polar surface area (TPSA) is 89.3 Å². The fourth-order valence-corrected chi connectivity index (χ4v) is 3.96. The summed E-state index contributed by atoms with van der Waals surface area (Å²) < 4.78 is 4.04. The van der Waals surface area contributed by atoms with Crippen LogP contribution < -0.4 is 10.2 Å². The maximum absolute atomic E-state index is 12.2. The zero-order chi connectivity index (χ0) is 17.8. The summed E-state index contributed by atoms with van der Waals surface area (Å²) in [5.74, 6) is 0.166. The Hall–Kier alpha value is -2.30. The Morgan fingerprint density at radius 3 is 2.72 bits per heavy atom. The van der Waals surface area contributed by atoms with Gasteiger partial charge in [0, 0.05) is 19.1 Å². The summed E-state index contributed by atoms with van der Waals surface area (Å²) in [5.41, 5.74) is 1.30. The number of hydrogen-bond donors (Lipinski definition) is 2. The minimum atomic E-state index is -0.0253. The molecule has 2 N–H and O–H groups in total. The summed E-state index contributed by atoms with van der Waals surface area (Å²) in [5, 5.41) is 22.6. The number of halogens is 1. The van der Waals surface area contributed by atoms with Crippen molar-refractivity contribution in [2.75, 3.05) is 18.0 Å². The van der Waals surface area contributed by atoms with Gasteiger partial charge in [0.25, 0.3) is 0 Å². The van der Waals surface area contributed by atoms with Gasteiger partial charge in [0.05, 0.1) is 6.42 Å². The molecule has 0 atom stereocenters. The highest BCUT2D eigenvalue weighted by Crippen LogP contribution is 2.32. The molecule has 1 saturated heterocycles. The molecule has 0 aliphatic carbocycles. The molecule has 25 heavy (non-hydrogen) atoms. The average Bonchev–Trinajstić information content (AvgIpc) is 2.98. The Morgan fingerprint density at radius 2 is 2.08 bits per heavy atom. The molecule has 1 aliphatic heterocycles. The number of phenols is 1. The number of benzene rings is 1. The first kappa shape index (κ1) is 17.5. The summed E-state index contributed by atoms with van der Waals surface area (Å²) >= 11 is 7.17. The SMILES string of the molecule is N#Cc1c(Cl)nsc1N1CCC(NC(=O)Cc2ccc(O)cc2)CC1. The van der Waals surface area contributed by atoms with E-state index in [1.54, 1.807) is 24.3 Å². The second kappa shape index (κ2) is 7.72. The fourth-order valence-electron chi connectivity index (χ4n) is 2.88. The summed E-state index contributed by atoms with van der Waals surface area (Å²) in [7, 11) is 0. The first-order chi connectivity index (χ1) is 12.1. The number of nitriles is 1. The number of phenolic OH excluding ortho intramolecular Hbond substituents is 1. The first-order valence-electron chi connectivity index (χ1n) is 7.94. The van der Waals surface area contributed by atoms with Crippen molar-refractivity contribution in [3.8, 4) is 11.8 Å². The molecule has 0 unspecified atom stereocenters. The number of nitrogens with one attached hydrogen (secondary N) is 1. The Labute approximate surface area is 154 Å². The Morgan fingerprint density at radius 1 is 1.40 bits per heavy atom. The molecule has 3 rings (SSSR count). The van der Waals surface area contributed by atoms with E-state index in [9.17, 15) is 15.2 Å². The highest BCUT2D eigenvalue weighted by atomic mass is 35.5. The van der Waals surface area contributed by atoms with Crippen molar-refractivity contribution in [1.29, 1.82) is 5.26 Å². The largest absolute Gasteiger partial charge is 0.508 e. The molecule has 0 radical (unpaired) electrons. The van der Waals surface area contributed by atoms with Crippen LogP contribution >= 0.6 is 23.1 Å². The van der Waals surface area contributed by atoms with Gasteiger partial charge >= 0.3 is 0 Å². The van der Waals surface area contributed by atoms with Gasteiger partial charge in [0.2, 0.25) is 5.91 Å². The molecule has 0 spiro atoms. The highest BCUT2D eigenvalue weighted by molar-refractivity contribution is 7.10. The number of amides is 1. The lowest BCUT2D eigenvalue weighted by Gasteiger charge is -2.32. The monoisotopic (exact) mass is 376 g/mol. The number of anilines is 1. The smallest absolute Gasteiger partial charge is 0.224 e. The van der Waals surface area contributed by atoms with Gasteiger partial charge < -0.3 is 15.3 Å². The molecular formula is C17H17ClN4O2S. The van der Waals surface area contributed by atoms with Gasteiger partial charge in [0.1, 0.15) is 22.4 Å². The molecule has 1 aromatic heterocycles. The van der Waals surface area contributed by atoms with Crippen molar-refractivity contribution in [3.63, 3.8) is 0 Å². The quantitative estimate of drug-likeness (QED) is 0.856. The van der Waals surface area contributed by atoms with E-state index in [0.29, 0.717) is 12.0 Å². The number of rotatable bonds is 4. The zero-order valence-corrected chi connectivity index (χ0v) is 15.0. The van der Waals surface area contributed by atoms with Crippen molar-refractivity contribution in [2.45, 2.75) is 25.3 Å². The van der Waals surface area contributed by atoms with Gasteiger partial charge in [0.15, 0.2) is 5.15 Å². The van der Waals surface area contributed by atoms with Gasteiger partial charge in [-0.1, -0.05) is 23.7 Å². The average molecular weight is 377 g/mol. The Balaban J connectivity index is 1.51. The van der Waals surface area contributed by atoms with Crippen molar-refractivity contribution in [1.82, 2.24) is 9.69 Å². The fraction of sp³-hybridized carbons (Fsp3) is 0.353. The lowest BCUT2D eigenvalue weighted by molar-refractivity contribution is -0.121. The van der Waals surface area contributed by atoms with Crippen LogP contribution in [0.15, 0.2) is 24.3 Å². The van der Waals surface area contributed by atoms with Crippen LogP contribution in [0.2, 0.25) is 5.15 Å². The number of aromatic nitrogens is 1. The predicted octanol–water partition coefficient (Wildman–Crippen LogP) is 2.70. The van der Waals surface area contributed by atoms with Crippen LogP contribution in [0, 0.1) is 11.3 Å². The Kier molecular flexibility index (Phi) is 5.41. The number of aromatic hydroxyl groups is 1. The summed E-state index contributed by atoms with van der Waals surface area (Å²) in [6.07, 6.45) is 1.91. The van der Waals surface area contributed by atoms with Crippen LogP contribution in [-0.2, 0) is 11.2 Å². The van der Waals surface area contributed by atoms with Gasteiger partial charge in [-0.15, -0.1) is 0 Å². The lowest BCUT2D eigenvalue weighted by Crippen LogP contribution is -2.45. The number of carbonyl (C=O) groups is 1. The molecule has 1 aliphatic rings. The lowest BCUT2D eigenvalue weighted by atomic mass is 10.0. The molecule has 1 amide bonds. The van der Waals surface area contributed by atoms with Gasteiger partial charge in [-0.05, 0) is 42.1 Å². The van der Waals surface area contributed by atoms with E-state index in [1.807, 2.05) is 0 Å². The summed E-state index contributed by atoms with van der Waals surface area (Å²) in [6, 6.07) is 8.87. The van der Waals surface area contributed by atoms with Crippen LogP contribution in [0.25, 0.3) is 0 Å². The number of carbonyl (C=O) groups excluding carboxylic acids is 1. The van der Waals surface area contributed by atoms with Crippen molar-refractivity contribution < 1.29 is 9.90 Å². The van der Waals surface area contributed by atoms with E-state index >= 15 is 0 Å². The third kappa shape index (κ3) is 4.21. The maximum atomic E-state index is 12.2. The third-order valence-electron chi connectivity index (χ3n) is 4.19. The molecule has 130 valence electrons. The molecule has 1 fully saturated rings. The van der Waals surface area contributed by atoms with Gasteiger partial charge in [-0.3, -0.25) is 4.79 Å². The maximum Gasteiger partial charge on any atom is 0.224 e. The van der Waals surface area contributed by atoms with Crippen molar-refractivity contribution in [3.05, 3.63) is 40.5 Å². The molecule has 8 heteroatoms. The minimum absolute atomic E-state index is 0.0253. The standard InChI is InChI=1S/C17H17ClN4O2S/c18-16-14(10-19)17(25-21-16)22-7-5-12(6-8-22)20-15(24)9-11-1-3-13(23)4-2-11/h1-4,12,23H,5-9H2,(H,20,24). The number of nitrogens with zero attached hydrogens (tertiary/aromatic N) is 3. The van der Waals surface area contributed by atoms with Crippen molar-refractivity contribution >= 4 is 34.0 Å². The minimum Gasteiger partial charge on any atom is -0.508 e. The Bertz CT molecular complexity index is 792. The normalized spacial score (nSPS) is 15.0. The molecule has 2 aromatic rings. The predicted molar refractivity (Wildman–Crippen MR) is 97.0 cm³/mol. The van der Waals surface area contributed by atoms with Gasteiger partial charge in [-0.2, -0.15) is 9.64 Å². The molecule has 0 bridgehead atoms. The van der Waals surface area contributed by atoms with E-state index < -0.39 is 0 Å². The second-order valence-electron chi connectivity index (χ2n) is 5.94. The van der Waals surface area contributed by atoms with E-state index in [-0.39, 0.29) is 22.9 Å². The molecule has 6 nitrogen and oxygen atoms in total. The molecule has 0 saturated carbocycles. The first-order valence-corrected chi connectivity index (χ1v) is 9.09. The van der Waals surface area contributed by atoms with Crippen LogP contribution in [0.3, 0.4) is 0 Å². The summed E-state index contributed by atoms with van der Waals surface area (Å²) in [4.78, 5) is 14.3. The van der Waals surface area contributed by atoms with E-state index in [2.05, 4.69) is 20.7 Å². The molecule has 2 heterocycles. The molecule has 1 aromatic carbocycles. The molecular weight excluding hydrogens is 360 g/mol. The summed E-state index contributed by atoms with van der Waals surface area (Å²) in [6.45, 7) is 1.49. The second-order valence-corrected chi connectivity index (χ2v) is 7.05. The highest BCUT2D eigenvalue weighted by Gasteiger charge is 2.25. The zero-order valence-electron chi connectivity index (χ0n) is 13.4. The van der Waals surface area contributed by atoms with Crippen LogP contribution in [-0.4, -0.2) is 34.5 Å². The van der Waals surface area contributed by atoms with Crippen LogP contribution in [0.4, 0.5) is 5.00 Å². The van der Waals surface area contributed by atoms with E-state index in [4.69, 9.17) is 11.6 Å². The van der Waals surface area contributed by atoms with Gasteiger partial charge in [-0.25, -0.2) is 0 Å². The van der Waals surface area contributed by atoms with Crippen molar-refractivity contribution in [2.24, 2.45) is 0 Å².